The van der Waals surface area contributed by atoms with Crippen molar-refractivity contribution in [3.8, 4) is 0 Å². The standard InChI is InChI=1S/C22H28N2O2/c1-3-16-10-15-11-22(13-26-14(2)25)20-18(8-9-24(12-15)21(16)22)17-6-4-5-7-19(17)23-20/h4-7,15-16,21,23H,3,8-13H2,1-2H3. The number of aromatic amines is 1. The first kappa shape index (κ1) is 16.4. The quantitative estimate of drug-likeness (QED) is 0.858. The summed E-state index contributed by atoms with van der Waals surface area (Å²) in [7, 11) is 0. The lowest BCUT2D eigenvalue weighted by Crippen LogP contribution is -2.66. The molecule has 1 aliphatic carbocycles. The Balaban J connectivity index is 1.72. The Morgan fingerprint density at radius 3 is 3.04 bits per heavy atom. The summed E-state index contributed by atoms with van der Waals surface area (Å²) >= 11 is 0. The summed E-state index contributed by atoms with van der Waals surface area (Å²) < 4.78 is 5.73. The number of benzene rings is 1. The maximum Gasteiger partial charge on any atom is 0.302 e. The molecule has 3 aliphatic heterocycles. The van der Waals surface area contributed by atoms with Gasteiger partial charge in [0.05, 0.1) is 5.41 Å². The molecule has 2 aromatic rings. The van der Waals surface area contributed by atoms with Crippen LogP contribution >= 0.6 is 0 Å². The van der Waals surface area contributed by atoms with E-state index in [1.807, 2.05) is 0 Å². The molecular weight excluding hydrogens is 324 g/mol. The molecule has 26 heavy (non-hydrogen) atoms. The third kappa shape index (κ3) is 2.21. The molecule has 5 unspecified atom stereocenters. The molecule has 4 heteroatoms. The molecule has 5 atom stereocenters. The fourth-order valence-corrected chi connectivity index (χ4v) is 6.42. The number of esters is 1. The van der Waals surface area contributed by atoms with Crippen LogP contribution in [-0.4, -0.2) is 41.6 Å². The molecule has 2 saturated heterocycles. The number of hydrogen-bond acceptors (Lipinski definition) is 3. The molecule has 4 heterocycles. The number of nitrogens with one attached hydrogen (secondary N) is 1. The number of nitrogens with zero attached hydrogens (tertiary/aromatic N) is 1. The van der Waals surface area contributed by atoms with Gasteiger partial charge < -0.3 is 9.72 Å². The lowest BCUT2D eigenvalue weighted by Gasteiger charge is -2.59. The molecule has 138 valence electrons. The third-order valence-electron chi connectivity index (χ3n) is 7.21. The molecule has 4 nitrogen and oxygen atoms in total. The van der Waals surface area contributed by atoms with Crippen LogP contribution in [0.2, 0.25) is 0 Å². The molecule has 1 saturated carbocycles. The van der Waals surface area contributed by atoms with Crippen molar-refractivity contribution in [3.63, 3.8) is 0 Å². The molecular formula is C22H28N2O2. The van der Waals surface area contributed by atoms with E-state index in [9.17, 15) is 4.79 Å². The van der Waals surface area contributed by atoms with Crippen molar-refractivity contribution in [1.29, 1.82) is 0 Å². The van der Waals surface area contributed by atoms with Gasteiger partial charge >= 0.3 is 5.97 Å². The maximum absolute atomic E-state index is 11.7. The lowest BCUT2D eigenvalue weighted by molar-refractivity contribution is -0.149. The highest BCUT2D eigenvalue weighted by Crippen LogP contribution is 2.54. The van der Waals surface area contributed by atoms with Crippen molar-refractivity contribution in [2.24, 2.45) is 11.8 Å². The van der Waals surface area contributed by atoms with Gasteiger partial charge in [-0.2, -0.15) is 0 Å². The molecule has 4 aliphatic rings. The van der Waals surface area contributed by atoms with E-state index in [-0.39, 0.29) is 11.4 Å². The fourth-order valence-electron chi connectivity index (χ4n) is 6.42. The fraction of sp³-hybridized carbons (Fsp3) is 0.591. The summed E-state index contributed by atoms with van der Waals surface area (Å²) in [5.41, 5.74) is 3.95. The van der Waals surface area contributed by atoms with Crippen LogP contribution in [0.4, 0.5) is 0 Å². The first-order chi connectivity index (χ1) is 12.6. The monoisotopic (exact) mass is 352 g/mol. The van der Waals surface area contributed by atoms with Crippen LogP contribution < -0.4 is 0 Å². The zero-order valence-corrected chi connectivity index (χ0v) is 15.8. The summed E-state index contributed by atoms with van der Waals surface area (Å²) in [5, 5.41) is 1.35. The van der Waals surface area contributed by atoms with Gasteiger partial charge in [-0.25, -0.2) is 0 Å². The van der Waals surface area contributed by atoms with Gasteiger partial charge in [0.1, 0.15) is 6.61 Å². The average Bonchev–Trinajstić information content (AvgIpc) is 2.99. The Labute approximate surface area is 154 Å². The summed E-state index contributed by atoms with van der Waals surface area (Å²) in [5.74, 6) is 1.23. The Morgan fingerprint density at radius 2 is 2.23 bits per heavy atom. The van der Waals surface area contributed by atoms with Crippen molar-refractivity contribution in [3.05, 3.63) is 35.5 Å². The zero-order valence-electron chi connectivity index (χ0n) is 15.8. The van der Waals surface area contributed by atoms with Crippen molar-refractivity contribution >= 4 is 16.9 Å². The number of aromatic nitrogens is 1. The normalized spacial score (nSPS) is 35.2. The topological polar surface area (TPSA) is 45.3 Å². The summed E-state index contributed by atoms with van der Waals surface area (Å²) in [6.07, 6.45) is 4.75. The van der Waals surface area contributed by atoms with Gasteiger partial charge in [0, 0.05) is 42.7 Å². The SMILES string of the molecule is CCC1CC2CN3CCc4c([nH]c5ccccc45)C(COC(C)=O)(C2)C13. The molecule has 0 amide bonds. The van der Waals surface area contributed by atoms with E-state index in [0.29, 0.717) is 24.5 Å². The number of rotatable bonds is 3. The summed E-state index contributed by atoms with van der Waals surface area (Å²) in [6, 6.07) is 9.13. The minimum absolute atomic E-state index is 0.0850. The number of carbonyl (C=O) groups is 1. The van der Waals surface area contributed by atoms with Crippen LogP contribution in [0.5, 0.6) is 0 Å². The van der Waals surface area contributed by atoms with Gasteiger partial charge in [-0.1, -0.05) is 31.5 Å². The molecule has 0 spiro atoms. The average molecular weight is 352 g/mol. The largest absolute Gasteiger partial charge is 0.465 e. The first-order valence-electron chi connectivity index (χ1n) is 10.1. The van der Waals surface area contributed by atoms with Crippen LogP contribution in [0, 0.1) is 11.8 Å². The van der Waals surface area contributed by atoms with Gasteiger partial charge in [0.15, 0.2) is 0 Å². The van der Waals surface area contributed by atoms with E-state index in [1.165, 1.54) is 48.5 Å². The van der Waals surface area contributed by atoms with E-state index >= 15 is 0 Å². The van der Waals surface area contributed by atoms with Gasteiger partial charge in [-0.3, -0.25) is 9.69 Å². The van der Waals surface area contributed by atoms with Crippen molar-refractivity contribution in [2.75, 3.05) is 19.7 Å². The second-order valence-electron chi connectivity index (χ2n) is 8.62. The zero-order chi connectivity index (χ0) is 17.9. The second kappa shape index (κ2) is 5.85. The van der Waals surface area contributed by atoms with E-state index < -0.39 is 0 Å². The van der Waals surface area contributed by atoms with Crippen LogP contribution in [0.1, 0.15) is 44.4 Å². The number of carbonyl (C=O) groups excluding carboxylic acids is 1. The highest BCUT2D eigenvalue weighted by atomic mass is 16.5. The molecule has 6 rings (SSSR count). The minimum atomic E-state index is -0.165. The van der Waals surface area contributed by atoms with E-state index in [2.05, 4.69) is 41.1 Å². The highest BCUT2D eigenvalue weighted by molar-refractivity contribution is 5.85. The second-order valence-corrected chi connectivity index (χ2v) is 8.62. The van der Waals surface area contributed by atoms with Gasteiger partial charge in [0.2, 0.25) is 0 Å². The third-order valence-corrected chi connectivity index (χ3v) is 7.21. The van der Waals surface area contributed by atoms with Crippen LogP contribution in [0.15, 0.2) is 24.3 Å². The number of hydrogen-bond donors (Lipinski definition) is 1. The summed E-state index contributed by atoms with van der Waals surface area (Å²) in [4.78, 5) is 18.2. The van der Waals surface area contributed by atoms with E-state index in [4.69, 9.17) is 4.74 Å². The number of para-hydroxylation sites is 1. The van der Waals surface area contributed by atoms with Crippen LogP contribution in [0.25, 0.3) is 10.9 Å². The van der Waals surface area contributed by atoms with Crippen molar-refractivity contribution < 1.29 is 9.53 Å². The number of ether oxygens (including phenoxy) is 1. The number of H-pyrrole nitrogens is 1. The number of fused-ring (bicyclic) bond motifs is 4. The van der Waals surface area contributed by atoms with Crippen molar-refractivity contribution in [1.82, 2.24) is 9.88 Å². The lowest BCUT2D eigenvalue weighted by atomic mass is 9.56. The van der Waals surface area contributed by atoms with Crippen LogP contribution in [-0.2, 0) is 21.4 Å². The van der Waals surface area contributed by atoms with Crippen molar-refractivity contribution in [2.45, 2.75) is 51.0 Å². The van der Waals surface area contributed by atoms with Gasteiger partial charge in [-0.05, 0) is 42.7 Å². The first-order valence-corrected chi connectivity index (χ1v) is 10.1. The van der Waals surface area contributed by atoms with E-state index in [1.54, 1.807) is 0 Å². The maximum atomic E-state index is 11.7. The Bertz CT molecular complexity index is 857. The molecule has 1 aromatic heterocycles. The van der Waals surface area contributed by atoms with Crippen LogP contribution in [0.3, 0.4) is 0 Å². The predicted molar refractivity (Wildman–Crippen MR) is 102 cm³/mol. The van der Waals surface area contributed by atoms with Gasteiger partial charge in [-0.15, -0.1) is 0 Å². The predicted octanol–water partition coefficient (Wildman–Crippen LogP) is 3.65. The smallest absolute Gasteiger partial charge is 0.302 e. The Kier molecular flexibility index (Phi) is 3.68. The molecule has 3 fully saturated rings. The molecule has 4 bridgehead atoms. The Hall–Kier alpha value is -1.81. The Morgan fingerprint density at radius 1 is 1.38 bits per heavy atom. The molecule has 1 aromatic carbocycles. The van der Waals surface area contributed by atoms with E-state index in [0.717, 1.165) is 19.4 Å². The minimum Gasteiger partial charge on any atom is -0.465 e. The molecule has 0 radical (unpaired) electrons. The highest BCUT2D eigenvalue weighted by Gasteiger charge is 2.58. The summed E-state index contributed by atoms with van der Waals surface area (Å²) in [6.45, 7) is 6.70. The van der Waals surface area contributed by atoms with Gasteiger partial charge in [0.25, 0.3) is 0 Å². The number of piperidine rings is 2. The molecule has 1 N–H and O–H groups in total.